The normalized spacial score (nSPS) is 11.1. The molecule has 0 saturated carbocycles. The minimum absolute atomic E-state index is 0.0375. The molecule has 0 fully saturated rings. The number of pyridine rings is 1. The maximum absolute atomic E-state index is 14.5. The van der Waals surface area contributed by atoms with E-state index in [-0.39, 0.29) is 16.8 Å². The molecule has 0 atom stereocenters. The van der Waals surface area contributed by atoms with Crippen molar-refractivity contribution in [1.29, 1.82) is 0 Å². The molecular formula is C24H23F4N. The first kappa shape index (κ1) is 21.0. The fourth-order valence-electron chi connectivity index (χ4n) is 3.33. The van der Waals surface area contributed by atoms with Crippen molar-refractivity contribution in [3.05, 3.63) is 77.0 Å². The van der Waals surface area contributed by atoms with E-state index in [0.29, 0.717) is 36.0 Å². The van der Waals surface area contributed by atoms with Crippen molar-refractivity contribution in [2.45, 2.75) is 46.0 Å². The molecule has 152 valence electrons. The molecule has 1 aromatic heterocycles. The van der Waals surface area contributed by atoms with E-state index in [9.17, 15) is 17.6 Å². The summed E-state index contributed by atoms with van der Waals surface area (Å²) in [5.74, 6) is -3.59. The van der Waals surface area contributed by atoms with E-state index in [1.807, 2.05) is 13.8 Å². The average molecular weight is 401 g/mol. The van der Waals surface area contributed by atoms with E-state index in [4.69, 9.17) is 0 Å². The van der Waals surface area contributed by atoms with Gasteiger partial charge in [-0.05, 0) is 42.5 Å². The monoisotopic (exact) mass is 401 g/mol. The summed E-state index contributed by atoms with van der Waals surface area (Å²) in [6.45, 7) is 3.88. The number of nitrogens with zero attached hydrogens (tertiary/aromatic N) is 1. The van der Waals surface area contributed by atoms with Gasteiger partial charge in [-0.2, -0.15) is 0 Å². The van der Waals surface area contributed by atoms with Gasteiger partial charge in [-0.3, -0.25) is 4.98 Å². The highest BCUT2D eigenvalue weighted by Gasteiger charge is 2.17. The first-order valence-corrected chi connectivity index (χ1v) is 9.88. The zero-order chi connectivity index (χ0) is 21.0. The Morgan fingerprint density at radius 1 is 0.655 bits per heavy atom. The van der Waals surface area contributed by atoms with Crippen LogP contribution in [0.25, 0.3) is 22.4 Å². The lowest BCUT2D eigenvalue weighted by Crippen LogP contribution is -1.99. The fraction of sp³-hybridized carbons (Fsp3) is 0.292. The standard InChI is InChI=1S/C24H23F4N/c1-3-5-7-16-8-11-18(23(27)22(16)26)17-10-13-20(29-14-17)19-12-9-15(6-4-2)21(25)24(19)28/h8-14H,3-7H2,1-2H3. The fourth-order valence-corrected chi connectivity index (χ4v) is 3.33. The molecule has 0 bridgehead atoms. The molecule has 3 aromatic rings. The van der Waals surface area contributed by atoms with Crippen molar-refractivity contribution in [3.63, 3.8) is 0 Å². The highest BCUT2D eigenvalue weighted by Crippen LogP contribution is 2.30. The summed E-state index contributed by atoms with van der Waals surface area (Å²) in [7, 11) is 0. The van der Waals surface area contributed by atoms with Gasteiger partial charge in [0.15, 0.2) is 23.3 Å². The third-order valence-electron chi connectivity index (χ3n) is 4.99. The van der Waals surface area contributed by atoms with Gasteiger partial charge < -0.3 is 0 Å². The Bertz CT molecular complexity index is 997. The van der Waals surface area contributed by atoms with Crippen LogP contribution < -0.4 is 0 Å². The van der Waals surface area contributed by atoms with Gasteiger partial charge in [-0.25, -0.2) is 17.6 Å². The van der Waals surface area contributed by atoms with Crippen LogP contribution in [0, 0.1) is 23.3 Å². The van der Waals surface area contributed by atoms with Crippen molar-refractivity contribution in [3.8, 4) is 22.4 Å². The lowest BCUT2D eigenvalue weighted by molar-refractivity contribution is 0.499. The molecular weight excluding hydrogens is 378 g/mol. The van der Waals surface area contributed by atoms with Crippen molar-refractivity contribution >= 4 is 0 Å². The Kier molecular flexibility index (Phi) is 6.68. The third-order valence-corrected chi connectivity index (χ3v) is 4.99. The molecule has 1 nitrogen and oxygen atoms in total. The molecule has 0 aliphatic heterocycles. The van der Waals surface area contributed by atoms with Crippen molar-refractivity contribution in [1.82, 2.24) is 4.98 Å². The Morgan fingerprint density at radius 2 is 1.28 bits per heavy atom. The summed E-state index contributed by atoms with van der Waals surface area (Å²) in [6.07, 6.45) is 4.66. The van der Waals surface area contributed by atoms with Crippen LogP contribution in [0.5, 0.6) is 0 Å². The number of unbranched alkanes of at least 4 members (excludes halogenated alkanes) is 1. The summed E-state index contributed by atoms with van der Waals surface area (Å²) in [5.41, 5.74) is 1.40. The first-order valence-electron chi connectivity index (χ1n) is 9.88. The number of aryl methyl sites for hydroxylation is 2. The molecule has 5 heteroatoms. The topological polar surface area (TPSA) is 12.9 Å². The van der Waals surface area contributed by atoms with Crippen molar-refractivity contribution in [2.75, 3.05) is 0 Å². The Morgan fingerprint density at radius 3 is 1.86 bits per heavy atom. The van der Waals surface area contributed by atoms with Crippen LogP contribution in [0.3, 0.4) is 0 Å². The summed E-state index contributed by atoms with van der Waals surface area (Å²) >= 11 is 0. The van der Waals surface area contributed by atoms with Crippen molar-refractivity contribution in [2.24, 2.45) is 0 Å². The number of hydrogen-bond donors (Lipinski definition) is 0. The first-order chi connectivity index (χ1) is 14.0. The highest BCUT2D eigenvalue weighted by atomic mass is 19.2. The summed E-state index contributed by atoms with van der Waals surface area (Å²) < 4.78 is 57.5. The molecule has 0 spiro atoms. The second-order valence-corrected chi connectivity index (χ2v) is 7.09. The molecule has 2 aromatic carbocycles. The second kappa shape index (κ2) is 9.21. The maximum Gasteiger partial charge on any atom is 0.168 e. The van der Waals surface area contributed by atoms with Gasteiger partial charge in [0.05, 0.1) is 5.69 Å². The smallest absolute Gasteiger partial charge is 0.168 e. The third kappa shape index (κ3) is 4.34. The zero-order valence-electron chi connectivity index (χ0n) is 16.5. The van der Waals surface area contributed by atoms with Crippen LogP contribution in [0.15, 0.2) is 42.6 Å². The maximum atomic E-state index is 14.5. The average Bonchev–Trinajstić information content (AvgIpc) is 2.73. The van der Waals surface area contributed by atoms with Gasteiger partial charge in [0.2, 0.25) is 0 Å². The van der Waals surface area contributed by atoms with Gasteiger partial charge in [-0.15, -0.1) is 0 Å². The molecule has 0 saturated heterocycles. The number of hydrogen-bond acceptors (Lipinski definition) is 1. The molecule has 0 aliphatic rings. The van der Waals surface area contributed by atoms with Gasteiger partial charge in [0.1, 0.15) is 0 Å². The summed E-state index contributed by atoms with van der Waals surface area (Å²) in [5, 5.41) is 0. The van der Waals surface area contributed by atoms with Crippen molar-refractivity contribution < 1.29 is 17.6 Å². The highest BCUT2D eigenvalue weighted by molar-refractivity contribution is 5.68. The molecule has 1 heterocycles. The second-order valence-electron chi connectivity index (χ2n) is 7.09. The molecule has 3 rings (SSSR count). The summed E-state index contributed by atoms with van der Waals surface area (Å²) in [4.78, 5) is 4.15. The van der Waals surface area contributed by atoms with Crippen LogP contribution in [-0.4, -0.2) is 4.98 Å². The van der Waals surface area contributed by atoms with Crippen LogP contribution in [0.1, 0.15) is 44.2 Å². The van der Waals surface area contributed by atoms with E-state index in [1.54, 1.807) is 12.1 Å². The lowest BCUT2D eigenvalue weighted by atomic mass is 10.00. The molecule has 0 N–H and O–H groups in total. The van der Waals surface area contributed by atoms with Crippen LogP contribution in [0.2, 0.25) is 0 Å². The van der Waals surface area contributed by atoms with Crippen LogP contribution in [0.4, 0.5) is 17.6 Å². The molecule has 0 aliphatic carbocycles. The quantitative estimate of drug-likeness (QED) is 0.380. The minimum Gasteiger partial charge on any atom is -0.256 e. The summed E-state index contributed by atoms with van der Waals surface area (Å²) in [6, 6.07) is 9.17. The van der Waals surface area contributed by atoms with E-state index in [1.165, 1.54) is 30.5 Å². The predicted octanol–water partition coefficient (Wildman–Crippen LogP) is 7.27. The van der Waals surface area contributed by atoms with E-state index >= 15 is 0 Å². The number of benzene rings is 2. The van der Waals surface area contributed by atoms with E-state index in [2.05, 4.69) is 4.98 Å². The predicted molar refractivity (Wildman–Crippen MR) is 108 cm³/mol. The number of halogens is 4. The minimum atomic E-state index is -0.950. The molecule has 0 unspecified atom stereocenters. The van der Waals surface area contributed by atoms with Gasteiger partial charge in [-0.1, -0.05) is 51.0 Å². The largest absolute Gasteiger partial charge is 0.256 e. The van der Waals surface area contributed by atoms with E-state index < -0.39 is 23.3 Å². The molecule has 0 radical (unpaired) electrons. The SMILES string of the molecule is CCCCc1ccc(-c2ccc(-c3ccc(CCC)c(F)c3F)nc2)c(F)c1F. The Labute approximate surface area is 168 Å². The van der Waals surface area contributed by atoms with E-state index in [0.717, 1.165) is 12.8 Å². The van der Waals surface area contributed by atoms with Gasteiger partial charge >= 0.3 is 0 Å². The lowest BCUT2D eigenvalue weighted by Gasteiger charge is -2.10. The Balaban J connectivity index is 1.92. The van der Waals surface area contributed by atoms with Crippen LogP contribution >= 0.6 is 0 Å². The van der Waals surface area contributed by atoms with Crippen LogP contribution in [-0.2, 0) is 12.8 Å². The van der Waals surface area contributed by atoms with Gasteiger partial charge in [0.25, 0.3) is 0 Å². The zero-order valence-corrected chi connectivity index (χ0v) is 16.5. The molecule has 0 amide bonds. The Hall–Kier alpha value is -2.69. The van der Waals surface area contributed by atoms with Gasteiger partial charge in [0, 0.05) is 22.9 Å². The number of rotatable bonds is 7. The molecule has 29 heavy (non-hydrogen) atoms. The number of aromatic nitrogens is 1.